The third-order valence-corrected chi connectivity index (χ3v) is 3.16. The first-order valence-corrected chi connectivity index (χ1v) is 8.45. The largest absolute Gasteiger partial charge is 0.235 e. The van der Waals surface area contributed by atoms with E-state index in [1.807, 2.05) is 0 Å². The van der Waals surface area contributed by atoms with E-state index in [1.54, 1.807) is 0 Å². The highest BCUT2D eigenvalue weighted by atomic mass is 32.2. The van der Waals surface area contributed by atoms with Gasteiger partial charge < -0.3 is 0 Å². The smallest absolute Gasteiger partial charge is 0.179 e. The molecule has 0 atom stereocenters. The molecule has 0 amide bonds. The van der Waals surface area contributed by atoms with Crippen molar-refractivity contribution < 1.29 is 9.78 Å². The molecule has 0 aliphatic carbocycles. The maximum Gasteiger partial charge on any atom is 0.179 e. The lowest BCUT2D eigenvalue weighted by Crippen LogP contribution is -2.00. The van der Waals surface area contributed by atoms with Gasteiger partial charge in [0, 0.05) is 0 Å². The Morgan fingerprint density at radius 3 is 1.61 bits per heavy atom. The highest BCUT2D eigenvalue weighted by molar-refractivity contribution is 7.98. The zero-order valence-corrected chi connectivity index (χ0v) is 13.6. The minimum atomic E-state index is -0.433. The number of rotatable bonds is 14. The van der Waals surface area contributed by atoms with Gasteiger partial charge in [-0.05, 0) is 6.42 Å². The van der Waals surface area contributed by atoms with Crippen LogP contribution in [0.15, 0.2) is 0 Å². The highest BCUT2D eigenvalue weighted by Crippen LogP contribution is 2.11. The molecular weight excluding hydrogens is 264 g/mol. The van der Waals surface area contributed by atoms with Gasteiger partial charge >= 0.3 is 0 Å². The molecule has 0 saturated heterocycles. The second kappa shape index (κ2) is 15.7. The van der Waals surface area contributed by atoms with Gasteiger partial charge in [0.1, 0.15) is 0 Å². The van der Waals surface area contributed by atoms with Crippen molar-refractivity contribution in [2.45, 2.75) is 82.3 Å². The lowest BCUT2D eigenvalue weighted by atomic mass is 10.1. The fraction of sp³-hybridized carbons (Fsp3) is 1.00. The molecule has 0 spiro atoms. The number of hydrogen-bond acceptors (Lipinski definition) is 4. The van der Waals surface area contributed by atoms with Crippen LogP contribution in [0.2, 0.25) is 0 Å². The van der Waals surface area contributed by atoms with Gasteiger partial charge in [0.05, 0.1) is 6.61 Å². The molecule has 0 radical (unpaired) electrons. The summed E-state index contributed by atoms with van der Waals surface area (Å²) in [6.07, 6.45) is 14.8. The lowest BCUT2D eigenvalue weighted by molar-refractivity contribution is -0.286. The fourth-order valence-electron chi connectivity index (χ4n) is 1.93. The Hall–Kier alpha value is 0.620. The average Bonchev–Trinajstić information content (AvgIpc) is 2.34. The molecule has 0 unspecified atom stereocenters. The van der Waals surface area contributed by atoms with Crippen LogP contribution in [-0.4, -0.2) is 11.4 Å². The van der Waals surface area contributed by atoms with Crippen molar-refractivity contribution in [3.63, 3.8) is 0 Å². The van der Waals surface area contributed by atoms with Gasteiger partial charge in [-0.3, -0.25) is 0 Å². The first-order chi connectivity index (χ1) is 8.77. The summed E-state index contributed by atoms with van der Waals surface area (Å²) in [5.74, 6) is 0. The summed E-state index contributed by atoms with van der Waals surface area (Å²) in [7, 11) is 0. The third kappa shape index (κ3) is 16.6. The van der Waals surface area contributed by atoms with E-state index in [2.05, 4.69) is 32.2 Å². The fourth-order valence-corrected chi connectivity index (χ4v) is 2.06. The van der Waals surface area contributed by atoms with E-state index in [0.717, 1.165) is 6.42 Å². The minimum Gasteiger partial charge on any atom is -0.235 e. The van der Waals surface area contributed by atoms with Crippen LogP contribution in [0.1, 0.15) is 77.6 Å². The molecule has 0 aliphatic rings. The lowest BCUT2D eigenvalue weighted by Gasteiger charge is -2.05. The Morgan fingerprint density at radius 1 is 0.722 bits per heavy atom. The summed E-state index contributed by atoms with van der Waals surface area (Å²) in [6, 6.07) is 0. The predicted octanol–water partition coefficient (Wildman–Crippen LogP) is 5.39. The second-order valence-electron chi connectivity index (χ2n) is 4.78. The number of thiol groups is 2. The van der Waals surface area contributed by atoms with Crippen molar-refractivity contribution in [2.24, 2.45) is 0 Å². The van der Waals surface area contributed by atoms with Crippen LogP contribution in [0.4, 0.5) is 0 Å². The molecule has 0 aliphatic heterocycles. The van der Waals surface area contributed by atoms with Crippen molar-refractivity contribution in [2.75, 3.05) is 6.61 Å². The second-order valence-corrected chi connectivity index (χ2v) is 6.13. The quantitative estimate of drug-likeness (QED) is 0.147. The van der Waals surface area contributed by atoms with Crippen LogP contribution in [0.5, 0.6) is 0 Å². The zero-order valence-electron chi connectivity index (χ0n) is 11.8. The molecule has 0 aromatic carbocycles. The molecule has 0 bridgehead atoms. The van der Waals surface area contributed by atoms with E-state index in [9.17, 15) is 0 Å². The molecule has 4 heteroatoms. The Kier molecular flexibility index (Phi) is 16.2. The van der Waals surface area contributed by atoms with E-state index < -0.39 is 4.77 Å². The summed E-state index contributed by atoms with van der Waals surface area (Å²) in [6.45, 7) is 2.91. The Bertz CT molecular complexity index is 155. The van der Waals surface area contributed by atoms with Crippen LogP contribution >= 0.6 is 25.3 Å². The number of hydrogen-bond donors (Lipinski definition) is 2. The molecule has 0 aromatic heterocycles. The van der Waals surface area contributed by atoms with Crippen molar-refractivity contribution in [3.8, 4) is 0 Å². The Labute approximate surface area is 124 Å². The molecule has 0 N–H and O–H groups in total. The monoisotopic (exact) mass is 294 g/mol. The van der Waals surface area contributed by atoms with E-state index >= 15 is 0 Å². The molecule has 18 heavy (non-hydrogen) atoms. The van der Waals surface area contributed by atoms with Gasteiger partial charge in [-0.15, -0.1) is 25.3 Å². The SMILES string of the molecule is CCCCCCCCCCCCCOOC(S)S. The van der Waals surface area contributed by atoms with Gasteiger partial charge in [-0.1, -0.05) is 71.1 Å². The van der Waals surface area contributed by atoms with E-state index in [-0.39, 0.29) is 0 Å². The summed E-state index contributed by atoms with van der Waals surface area (Å²) in [5.41, 5.74) is 0. The molecule has 2 nitrogen and oxygen atoms in total. The molecule has 0 saturated carbocycles. The van der Waals surface area contributed by atoms with Gasteiger partial charge in [0.15, 0.2) is 4.77 Å². The van der Waals surface area contributed by atoms with Crippen LogP contribution < -0.4 is 0 Å². The predicted molar refractivity (Wildman–Crippen MR) is 85.3 cm³/mol. The molecule has 0 rings (SSSR count). The summed E-state index contributed by atoms with van der Waals surface area (Å²) in [4.78, 5) is 9.69. The van der Waals surface area contributed by atoms with E-state index in [4.69, 9.17) is 9.78 Å². The van der Waals surface area contributed by atoms with Gasteiger partial charge in [0.2, 0.25) is 0 Å². The standard InChI is InChI=1S/C14H30O2S2/c1-2-3-4-5-6-7-8-9-10-11-12-13-15-16-14(17)18/h14,17-18H,2-13H2,1H3. The van der Waals surface area contributed by atoms with Gasteiger partial charge in [0.25, 0.3) is 0 Å². The van der Waals surface area contributed by atoms with E-state index in [1.165, 1.54) is 64.2 Å². The number of unbranched alkanes of at least 4 members (excludes halogenated alkanes) is 10. The Balaban J connectivity index is 2.90. The average molecular weight is 295 g/mol. The first kappa shape index (κ1) is 18.6. The van der Waals surface area contributed by atoms with Crippen LogP contribution in [-0.2, 0) is 9.78 Å². The van der Waals surface area contributed by atoms with Crippen molar-refractivity contribution in [1.29, 1.82) is 0 Å². The van der Waals surface area contributed by atoms with Crippen molar-refractivity contribution in [1.82, 2.24) is 0 Å². The van der Waals surface area contributed by atoms with Crippen LogP contribution in [0, 0.1) is 0 Å². The zero-order chi connectivity index (χ0) is 13.5. The topological polar surface area (TPSA) is 18.5 Å². The molecular formula is C14H30O2S2. The normalized spacial score (nSPS) is 11.3. The van der Waals surface area contributed by atoms with Crippen LogP contribution in [0.3, 0.4) is 0 Å². The summed E-state index contributed by atoms with van der Waals surface area (Å²) < 4.78 is -0.433. The van der Waals surface area contributed by atoms with E-state index in [0.29, 0.717) is 6.61 Å². The van der Waals surface area contributed by atoms with Crippen LogP contribution in [0.25, 0.3) is 0 Å². The highest BCUT2D eigenvalue weighted by Gasteiger charge is 1.96. The van der Waals surface area contributed by atoms with Crippen molar-refractivity contribution >= 4 is 25.3 Å². The third-order valence-electron chi connectivity index (χ3n) is 2.99. The molecule has 110 valence electrons. The molecule has 0 fully saturated rings. The van der Waals surface area contributed by atoms with Gasteiger partial charge in [-0.2, -0.15) is 0 Å². The molecule has 0 aromatic rings. The molecule has 0 heterocycles. The van der Waals surface area contributed by atoms with Crippen molar-refractivity contribution in [3.05, 3.63) is 0 Å². The minimum absolute atomic E-state index is 0.433. The van der Waals surface area contributed by atoms with Gasteiger partial charge in [-0.25, -0.2) is 9.78 Å². The summed E-state index contributed by atoms with van der Waals surface area (Å²) in [5, 5.41) is 0. The first-order valence-electron chi connectivity index (χ1n) is 7.41. The summed E-state index contributed by atoms with van der Waals surface area (Å²) >= 11 is 7.85. The maximum atomic E-state index is 4.92. The maximum absolute atomic E-state index is 4.92. The Morgan fingerprint density at radius 2 is 1.17 bits per heavy atom.